The van der Waals surface area contributed by atoms with Gasteiger partial charge in [-0.15, -0.1) is 0 Å². The summed E-state index contributed by atoms with van der Waals surface area (Å²) in [5, 5.41) is 0. The van der Waals surface area contributed by atoms with E-state index < -0.39 is 0 Å². The summed E-state index contributed by atoms with van der Waals surface area (Å²) in [6.45, 7) is 15.6. The highest BCUT2D eigenvalue weighted by atomic mass is 16.6. The molecule has 0 aromatic heterocycles. The third kappa shape index (κ3) is 2.69. The normalized spacial score (nSPS) is 51.1. The molecule has 1 heterocycles. The average Bonchev–Trinajstić information content (AvgIpc) is 3.29. The molecule has 0 N–H and O–H groups in total. The standard InChI is InChI=1S/C28H39NO6/c1-7-29-13-26(6)9-8-23(34-16(4)31)28-21(26)10-19(24(28)29)27-12-18(14(2)25(27)35-17(5)32)20(11-22(27)28)33-15(3)30/h18-25H,2,7-13H2,1,3-6H3/t18-,19+,20+,21-,22-,23+,24?,25-,26+,27+,28+/m1/s1. The molecule has 11 atom stereocenters. The number of likely N-dealkylation sites (tertiary alicyclic amines) is 1. The van der Waals surface area contributed by atoms with E-state index in [-0.39, 0.29) is 70.3 Å². The highest BCUT2D eigenvalue weighted by Gasteiger charge is 2.86. The molecule has 6 aliphatic rings. The maximum Gasteiger partial charge on any atom is 0.303 e. The predicted molar refractivity (Wildman–Crippen MR) is 127 cm³/mol. The van der Waals surface area contributed by atoms with Crippen molar-refractivity contribution in [3.8, 4) is 0 Å². The summed E-state index contributed by atoms with van der Waals surface area (Å²) in [4.78, 5) is 39.6. The Hall–Kier alpha value is -1.89. The summed E-state index contributed by atoms with van der Waals surface area (Å²) in [6, 6.07) is 0.265. The van der Waals surface area contributed by atoms with Crippen LogP contribution in [-0.4, -0.2) is 60.3 Å². The van der Waals surface area contributed by atoms with Crippen LogP contribution >= 0.6 is 0 Å². The van der Waals surface area contributed by atoms with Gasteiger partial charge in [0.2, 0.25) is 0 Å². The second-order valence-electron chi connectivity index (χ2n) is 12.6. The largest absolute Gasteiger partial charge is 0.462 e. The molecule has 0 radical (unpaired) electrons. The summed E-state index contributed by atoms with van der Waals surface area (Å²) in [5.41, 5.74) is 0.571. The number of fused-ring (bicyclic) bond motifs is 1. The number of carbonyl (C=O) groups is 3. The summed E-state index contributed by atoms with van der Waals surface area (Å²) >= 11 is 0. The molecule has 7 bridgehead atoms. The monoisotopic (exact) mass is 485 g/mol. The number of hydrogen-bond acceptors (Lipinski definition) is 7. The van der Waals surface area contributed by atoms with Gasteiger partial charge in [-0.05, 0) is 67.4 Å². The molecule has 6 rings (SSSR count). The topological polar surface area (TPSA) is 82.1 Å². The fourth-order valence-electron chi connectivity index (χ4n) is 10.9. The molecule has 0 amide bonds. The molecule has 192 valence electrons. The molecule has 35 heavy (non-hydrogen) atoms. The number of ether oxygens (including phenoxy) is 3. The third-order valence-electron chi connectivity index (χ3n) is 11.4. The fraction of sp³-hybridized carbons (Fsp3) is 0.821. The Kier molecular flexibility index (Phi) is 4.92. The molecule has 7 heteroatoms. The number of hydrogen-bond donors (Lipinski definition) is 0. The van der Waals surface area contributed by atoms with Gasteiger partial charge in [0.1, 0.15) is 18.3 Å². The Bertz CT molecular complexity index is 1010. The van der Waals surface area contributed by atoms with Crippen LogP contribution in [0.2, 0.25) is 0 Å². The molecule has 0 aromatic carbocycles. The van der Waals surface area contributed by atoms with E-state index in [0.717, 1.165) is 50.8 Å². The van der Waals surface area contributed by atoms with E-state index in [1.54, 1.807) is 0 Å². The zero-order valence-corrected chi connectivity index (χ0v) is 21.7. The maximum atomic E-state index is 12.4. The number of rotatable bonds is 4. The lowest BCUT2D eigenvalue weighted by atomic mass is 9.43. The molecule has 1 saturated heterocycles. The Balaban J connectivity index is 1.57. The first-order valence-corrected chi connectivity index (χ1v) is 13.4. The number of carbonyl (C=O) groups excluding carboxylic acids is 3. The quantitative estimate of drug-likeness (QED) is 0.342. The first-order valence-electron chi connectivity index (χ1n) is 13.4. The van der Waals surface area contributed by atoms with Crippen LogP contribution in [0.5, 0.6) is 0 Å². The Morgan fingerprint density at radius 1 is 1.03 bits per heavy atom. The van der Waals surface area contributed by atoms with Crippen LogP contribution in [-0.2, 0) is 28.6 Å². The second-order valence-corrected chi connectivity index (χ2v) is 12.6. The van der Waals surface area contributed by atoms with Crippen molar-refractivity contribution < 1.29 is 28.6 Å². The molecule has 6 fully saturated rings. The van der Waals surface area contributed by atoms with Gasteiger partial charge in [0.05, 0.1) is 0 Å². The van der Waals surface area contributed by atoms with Gasteiger partial charge in [0.15, 0.2) is 0 Å². The average molecular weight is 486 g/mol. The number of nitrogens with zero attached hydrogens (tertiary/aromatic N) is 1. The van der Waals surface area contributed by atoms with Crippen LogP contribution < -0.4 is 0 Å². The molecule has 7 nitrogen and oxygen atoms in total. The van der Waals surface area contributed by atoms with Gasteiger partial charge in [-0.25, -0.2) is 0 Å². The van der Waals surface area contributed by atoms with Gasteiger partial charge in [0, 0.05) is 50.1 Å². The van der Waals surface area contributed by atoms with Gasteiger partial charge in [-0.3, -0.25) is 19.3 Å². The summed E-state index contributed by atoms with van der Waals surface area (Å²) in [7, 11) is 0. The molecule has 0 aromatic rings. The van der Waals surface area contributed by atoms with Crippen LogP contribution in [0, 0.1) is 39.9 Å². The van der Waals surface area contributed by atoms with Crippen molar-refractivity contribution in [1.29, 1.82) is 0 Å². The van der Waals surface area contributed by atoms with Crippen molar-refractivity contribution in [2.45, 2.75) is 91.1 Å². The zero-order valence-electron chi connectivity index (χ0n) is 21.7. The van der Waals surface area contributed by atoms with Gasteiger partial charge >= 0.3 is 17.9 Å². The van der Waals surface area contributed by atoms with Crippen molar-refractivity contribution in [2.75, 3.05) is 13.1 Å². The van der Waals surface area contributed by atoms with Crippen molar-refractivity contribution in [3.63, 3.8) is 0 Å². The highest BCUT2D eigenvalue weighted by Crippen LogP contribution is 2.84. The highest BCUT2D eigenvalue weighted by molar-refractivity contribution is 5.68. The van der Waals surface area contributed by atoms with Crippen LogP contribution in [0.15, 0.2) is 12.2 Å². The smallest absolute Gasteiger partial charge is 0.303 e. The lowest BCUT2D eigenvalue weighted by molar-refractivity contribution is -0.231. The van der Waals surface area contributed by atoms with Gasteiger partial charge < -0.3 is 14.2 Å². The Morgan fingerprint density at radius 2 is 1.71 bits per heavy atom. The van der Waals surface area contributed by atoms with E-state index >= 15 is 0 Å². The minimum absolute atomic E-state index is 0.00710. The van der Waals surface area contributed by atoms with Crippen LogP contribution in [0.4, 0.5) is 0 Å². The molecule has 2 spiro atoms. The minimum Gasteiger partial charge on any atom is -0.462 e. The molecular formula is C28H39NO6. The number of piperidine rings is 1. The molecule has 5 aliphatic carbocycles. The summed E-state index contributed by atoms with van der Waals surface area (Å²) in [6.07, 6.45) is 3.68. The molecule has 5 saturated carbocycles. The molecule has 1 unspecified atom stereocenters. The van der Waals surface area contributed by atoms with Crippen molar-refractivity contribution in [1.82, 2.24) is 4.90 Å². The first-order chi connectivity index (χ1) is 16.5. The van der Waals surface area contributed by atoms with Crippen molar-refractivity contribution in [3.05, 3.63) is 12.2 Å². The second kappa shape index (κ2) is 7.33. The van der Waals surface area contributed by atoms with Crippen molar-refractivity contribution >= 4 is 17.9 Å². The van der Waals surface area contributed by atoms with Gasteiger partial charge in [-0.2, -0.15) is 0 Å². The lowest BCUT2D eigenvalue weighted by Crippen LogP contribution is -2.69. The van der Waals surface area contributed by atoms with Gasteiger partial charge in [-0.1, -0.05) is 20.4 Å². The third-order valence-corrected chi connectivity index (χ3v) is 11.4. The van der Waals surface area contributed by atoms with Crippen LogP contribution in [0.3, 0.4) is 0 Å². The maximum absolute atomic E-state index is 12.4. The van der Waals surface area contributed by atoms with E-state index in [1.165, 1.54) is 20.8 Å². The minimum atomic E-state index is -0.383. The van der Waals surface area contributed by atoms with Crippen molar-refractivity contribution in [2.24, 2.45) is 39.9 Å². The summed E-state index contributed by atoms with van der Waals surface area (Å²) < 4.78 is 18.3. The lowest BCUT2D eigenvalue weighted by Gasteiger charge is -2.65. The van der Waals surface area contributed by atoms with Gasteiger partial charge in [0.25, 0.3) is 0 Å². The Labute approximate surface area is 207 Å². The van der Waals surface area contributed by atoms with E-state index in [1.807, 2.05) is 0 Å². The molecule has 1 aliphatic heterocycles. The number of esters is 3. The first kappa shape index (κ1) is 23.5. The fourth-order valence-corrected chi connectivity index (χ4v) is 10.9. The van der Waals surface area contributed by atoms with E-state index in [2.05, 4.69) is 25.3 Å². The SMILES string of the molecule is C=C1[C@H]2C[C@@]3([C@@H]1OC(C)=O)[C@@H](C[C@@H]2OC(C)=O)[C@@]12C4[C@@H]3C[C@@H]1[C@@](C)(CC[C@@H]2OC(C)=O)CN4CC. The van der Waals surface area contributed by atoms with E-state index in [4.69, 9.17) is 14.2 Å². The van der Waals surface area contributed by atoms with E-state index in [0.29, 0.717) is 11.8 Å². The van der Waals surface area contributed by atoms with Crippen LogP contribution in [0.1, 0.15) is 66.7 Å². The van der Waals surface area contributed by atoms with Crippen LogP contribution in [0.25, 0.3) is 0 Å². The van der Waals surface area contributed by atoms with E-state index in [9.17, 15) is 14.4 Å². The summed E-state index contributed by atoms with van der Waals surface area (Å²) in [5.74, 6) is 0.0890. The Morgan fingerprint density at radius 3 is 2.34 bits per heavy atom. The zero-order chi connectivity index (χ0) is 25.1. The molecular weight excluding hydrogens is 446 g/mol. The predicted octanol–water partition coefficient (Wildman–Crippen LogP) is 3.50.